The highest BCUT2D eigenvalue weighted by molar-refractivity contribution is 7.03. The van der Waals surface area contributed by atoms with Gasteiger partial charge in [-0.15, -0.1) is 5.10 Å². The van der Waals surface area contributed by atoms with Gasteiger partial charge in [-0.2, -0.15) is 0 Å². The van der Waals surface area contributed by atoms with Crippen LogP contribution in [0.3, 0.4) is 0 Å². The number of hydrogen-bond acceptors (Lipinski definition) is 6. The maximum absolute atomic E-state index is 13.5. The fourth-order valence-electron chi connectivity index (χ4n) is 3.05. The first kappa shape index (κ1) is 21.6. The minimum absolute atomic E-state index is 0.186. The second-order valence-electron chi connectivity index (χ2n) is 7.89. The molecule has 1 atom stereocenters. The van der Waals surface area contributed by atoms with Gasteiger partial charge in [0.2, 0.25) is 5.91 Å². The van der Waals surface area contributed by atoms with E-state index < -0.39 is 17.5 Å². The van der Waals surface area contributed by atoms with E-state index in [1.165, 1.54) is 4.90 Å². The molecular formula is C22H25N5O2S. The maximum atomic E-state index is 13.5. The van der Waals surface area contributed by atoms with Gasteiger partial charge in [0.25, 0.3) is 5.91 Å². The predicted octanol–water partition coefficient (Wildman–Crippen LogP) is 3.80. The van der Waals surface area contributed by atoms with Gasteiger partial charge in [-0.3, -0.25) is 19.5 Å². The van der Waals surface area contributed by atoms with Crippen LogP contribution in [0.2, 0.25) is 0 Å². The number of carbonyl (C=O) groups excluding carboxylic acids is 2. The maximum Gasteiger partial charge on any atom is 0.280 e. The van der Waals surface area contributed by atoms with E-state index in [1.54, 1.807) is 29.8 Å². The molecule has 0 bridgehead atoms. The van der Waals surface area contributed by atoms with Crippen LogP contribution in [0.1, 0.15) is 55.5 Å². The Morgan fingerprint density at radius 2 is 1.97 bits per heavy atom. The highest BCUT2D eigenvalue weighted by atomic mass is 32.1. The molecular weight excluding hydrogens is 398 g/mol. The summed E-state index contributed by atoms with van der Waals surface area (Å²) in [5.74, 6) is -0.726. The number of rotatable bonds is 6. The lowest BCUT2D eigenvalue weighted by molar-refractivity contribution is -0.124. The average Bonchev–Trinajstić information content (AvgIpc) is 3.25. The van der Waals surface area contributed by atoms with Gasteiger partial charge in [0.05, 0.1) is 5.69 Å². The van der Waals surface area contributed by atoms with Crippen LogP contribution in [0, 0.1) is 0 Å². The van der Waals surface area contributed by atoms with Crippen LogP contribution in [-0.2, 0) is 11.2 Å². The largest absolute Gasteiger partial charge is 0.349 e. The van der Waals surface area contributed by atoms with Crippen LogP contribution < -0.4 is 10.2 Å². The molecule has 0 saturated heterocycles. The standard InChI is InChI=1S/C22H25N5O2S/c1-5-15-9-8-10-16(13-15)27(21(29)18-14-30-26-25-18)19(17-11-6-7-12-23-17)20(28)24-22(2,3)4/h6-14,19H,5H2,1-4H3,(H,24,28)/t19-/m0/s1. The molecule has 0 fully saturated rings. The van der Waals surface area contributed by atoms with Gasteiger partial charge in [0.1, 0.15) is 0 Å². The lowest BCUT2D eigenvalue weighted by atomic mass is 10.0. The van der Waals surface area contributed by atoms with Gasteiger partial charge in [-0.1, -0.05) is 29.6 Å². The summed E-state index contributed by atoms with van der Waals surface area (Å²) < 4.78 is 3.82. The van der Waals surface area contributed by atoms with Crippen molar-refractivity contribution < 1.29 is 9.59 Å². The molecule has 1 N–H and O–H groups in total. The molecule has 0 aliphatic heterocycles. The molecule has 0 saturated carbocycles. The number of hydrogen-bond donors (Lipinski definition) is 1. The highest BCUT2D eigenvalue weighted by Crippen LogP contribution is 2.30. The van der Waals surface area contributed by atoms with E-state index in [4.69, 9.17) is 0 Å². The number of aromatic nitrogens is 3. The summed E-state index contributed by atoms with van der Waals surface area (Å²) in [4.78, 5) is 32.8. The van der Waals surface area contributed by atoms with Crippen LogP contribution in [0.15, 0.2) is 54.0 Å². The van der Waals surface area contributed by atoms with Crippen LogP contribution in [0.5, 0.6) is 0 Å². The Morgan fingerprint density at radius 3 is 2.57 bits per heavy atom. The lowest BCUT2D eigenvalue weighted by Crippen LogP contribution is -2.49. The second-order valence-corrected chi connectivity index (χ2v) is 8.49. The fourth-order valence-corrected chi connectivity index (χ4v) is 3.48. The summed E-state index contributed by atoms with van der Waals surface area (Å²) in [5.41, 5.74) is 1.83. The molecule has 1 aromatic carbocycles. The zero-order valence-electron chi connectivity index (χ0n) is 17.5. The summed E-state index contributed by atoms with van der Waals surface area (Å²) in [6, 6.07) is 12.0. The summed E-state index contributed by atoms with van der Waals surface area (Å²) in [7, 11) is 0. The Morgan fingerprint density at radius 1 is 1.17 bits per heavy atom. The Labute approximate surface area is 180 Å². The van der Waals surface area contributed by atoms with Crippen LogP contribution >= 0.6 is 11.5 Å². The Kier molecular flexibility index (Phi) is 6.56. The number of benzene rings is 1. The van der Waals surface area contributed by atoms with Crippen LogP contribution in [0.25, 0.3) is 0 Å². The van der Waals surface area contributed by atoms with Crippen molar-refractivity contribution in [2.24, 2.45) is 0 Å². The Balaban J connectivity index is 2.17. The minimum Gasteiger partial charge on any atom is -0.349 e. The molecule has 3 rings (SSSR count). The minimum atomic E-state index is -0.966. The third-order valence-corrected chi connectivity index (χ3v) is 4.87. The van der Waals surface area contributed by atoms with Crippen molar-refractivity contribution in [3.05, 3.63) is 71.0 Å². The van der Waals surface area contributed by atoms with E-state index in [2.05, 4.69) is 19.9 Å². The molecule has 30 heavy (non-hydrogen) atoms. The van der Waals surface area contributed by atoms with Gasteiger partial charge in [0.15, 0.2) is 11.7 Å². The first-order chi connectivity index (χ1) is 14.3. The van der Waals surface area contributed by atoms with E-state index in [-0.39, 0.29) is 11.6 Å². The van der Waals surface area contributed by atoms with Crippen molar-refractivity contribution in [3.63, 3.8) is 0 Å². The second kappa shape index (κ2) is 9.13. The van der Waals surface area contributed by atoms with Crippen molar-refractivity contribution in [1.82, 2.24) is 19.9 Å². The zero-order valence-corrected chi connectivity index (χ0v) is 18.3. The first-order valence-corrected chi connectivity index (χ1v) is 10.6. The van der Waals surface area contributed by atoms with Gasteiger partial charge in [0, 0.05) is 22.8 Å². The van der Waals surface area contributed by atoms with Crippen molar-refractivity contribution in [2.45, 2.75) is 45.7 Å². The van der Waals surface area contributed by atoms with Crippen molar-refractivity contribution in [3.8, 4) is 0 Å². The normalized spacial score (nSPS) is 12.3. The van der Waals surface area contributed by atoms with Crippen molar-refractivity contribution in [1.29, 1.82) is 0 Å². The van der Waals surface area contributed by atoms with Gasteiger partial charge >= 0.3 is 0 Å². The van der Waals surface area contributed by atoms with Gasteiger partial charge < -0.3 is 5.32 Å². The van der Waals surface area contributed by atoms with Crippen molar-refractivity contribution >= 4 is 29.0 Å². The zero-order chi connectivity index (χ0) is 21.7. The smallest absolute Gasteiger partial charge is 0.280 e. The van der Waals surface area contributed by atoms with E-state index in [1.807, 2.05) is 52.0 Å². The van der Waals surface area contributed by atoms with Gasteiger partial charge in [-0.05, 0) is 68.6 Å². The third kappa shape index (κ3) is 5.07. The fraction of sp³-hybridized carbons (Fsp3) is 0.318. The van der Waals surface area contributed by atoms with Gasteiger partial charge in [-0.25, -0.2) is 0 Å². The molecule has 0 radical (unpaired) electrons. The highest BCUT2D eigenvalue weighted by Gasteiger charge is 2.36. The molecule has 7 nitrogen and oxygen atoms in total. The SMILES string of the molecule is CCc1cccc(N(C(=O)c2csnn2)[C@H](C(=O)NC(C)(C)C)c2ccccn2)c1. The van der Waals surface area contributed by atoms with Crippen LogP contribution in [0.4, 0.5) is 5.69 Å². The molecule has 0 unspecified atom stereocenters. The van der Waals surface area contributed by atoms with E-state index in [0.29, 0.717) is 11.4 Å². The summed E-state index contributed by atoms with van der Waals surface area (Å²) in [6.45, 7) is 7.73. The quantitative estimate of drug-likeness (QED) is 0.652. The van der Waals surface area contributed by atoms with E-state index >= 15 is 0 Å². The molecule has 0 aliphatic rings. The molecule has 3 aromatic rings. The number of carbonyl (C=O) groups is 2. The Bertz CT molecular complexity index is 1000. The Hall–Kier alpha value is -3.13. The number of pyridine rings is 1. The van der Waals surface area contributed by atoms with E-state index in [9.17, 15) is 9.59 Å². The molecule has 8 heteroatoms. The van der Waals surface area contributed by atoms with Crippen LogP contribution in [-0.4, -0.2) is 31.9 Å². The molecule has 0 aliphatic carbocycles. The molecule has 2 heterocycles. The number of anilines is 1. The number of nitrogens with zero attached hydrogens (tertiary/aromatic N) is 4. The lowest BCUT2D eigenvalue weighted by Gasteiger charge is -2.33. The average molecular weight is 424 g/mol. The molecule has 2 amide bonds. The van der Waals surface area contributed by atoms with E-state index in [0.717, 1.165) is 23.5 Å². The number of aryl methyl sites for hydroxylation is 1. The summed E-state index contributed by atoms with van der Waals surface area (Å²) >= 11 is 1.09. The molecule has 156 valence electrons. The number of amides is 2. The topological polar surface area (TPSA) is 88.1 Å². The number of nitrogens with one attached hydrogen (secondary N) is 1. The van der Waals surface area contributed by atoms with Crippen molar-refractivity contribution in [2.75, 3.05) is 4.90 Å². The monoisotopic (exact) mass is 423 g/mol. The summed E-state index contributed by atoms with van der Waals surface area (Å²) in [5, 5.41) is 8.51. The summed E-state index contributed by atoms with van der Waals surface area (Å²) in [6.07, 6.45) is 2.42. The molecule has 2 aromatic heterocycles. The molecule has 0 spiro atoms. The third-order valence-electron chi connectivity index (χ3n) is 4.37. The first-order valence-electron chi connectivity index (χ1n) is 9.72. The predicted molar refractivity (Wildman–Crippen MR) is 117 cm³/mol.